The number of nitrogens with two attached hydrogens (primary N) is 1. The predicted molar refractivity (Wildman–Crippen MR) is 84.5 cm³/mol. The molecule has 1 fully saturated rings. The topological polar surface area (TPSA) is 72.2 Å². The zero-order valence-corrected chi connectivity index (χ0v) is 12.7. The Kier molecular flexibility index (Phi) is 3.73. The first kappa shape index (κ1) is 14.5. The summed E-state index contributed by atoms with van der Waals surface area (Å²) in [7, 11) is -3.49. The Labute approximate surface area is 125 Å². The Hall–Kier alpha value is -1.43. The molecule has 0 radical (unpaired) electrons. The second-order valence-corrected chi connectivity index (χ2v) is 7.58. The summed E-state index contributed by atoms with van der Waals surface area (Å²) in [5, 5.41) is 1.69. The molecule has 3 rings (SSSR count). The van der Waals surface area contributed by atoms with Gasteiger partial charge in [-0.3, -0.25) is 0 Å². The lowest BCUT2D eigenvalue weighted by molar-refractivity contribution is 0.461. The summed E-state index contributed by atoms with van der Waals surface area (Å²) in [4.78, 5) is 0.351. The first-order valence-corrected chi connectivity index (χ1v) is 8.72. The highest BCUT2D eigenvalue weighted by Gasteiger charge is 2.42. The van der Waals surface area contributed by atoms with Crippen molar-refractivity contribution in [3.63, 3.8) is 0 Å². The summed E-state index contributed by atoms with van der Waals surface area (Å²) in [6.07, 6.45) is 3.00. The molecule has 0 saturated heterocycles. The lowest BCUT2D eigenvalue weighted by atomic mass is 10.0. The van der Waals surface area contributed by atoms with Gasteiger partial charge < -0.3 is 5.73 Å². The van der Waals surface area contributed by atoms with Crippen LogP contribution in [0, 0.1) is 5.41 Å². The molecule has 0 aromatic heterocycles. The van der Waals surface area contributed by atoms with Crippen molar-refractivity contribution in [2.24, 2.45) is 11.1 Å². The second-order valence-electron chi connectivity index (χ2n) is 5.84. The van der Waals surface area contributed by atoms with Gasteiger partial charge in [-0.1, -0.05) is 36.4 Å². The summed E-state index contributed by atoms with van der Waals surface area (Å²) in [6, 6.07) is 12.9. The van der Waals surface area contributed by atoms with E-state index in [-0.39, 0.29) is 5.41 Å². The molecule has 1 aliphatic rings. The van der Waals surface area contributed by atoms with Gasteiger partial charge in [0.1, 0.15) is 0 Å². The quantitative estimate of drug-likeness (QED) is 0.859. The van der Waals surface area contributed by atoms with Gasteiger partial charge in [0, 0.05) is 11.9 Å². The first-order chi connectivity index (χ1) is 10.1. The van der Waals surface area contributed by atoms with E-state index in [4.69, 9.17) is 5.73 Å². The largest absolute Gasteiger partial charge is 0.330 e. The Morgan fingerprint density at radius 1 is 1.10 bits per heavy atom. The molecule has 0 spiro atoms. The second kappa shape index (κ2) is 5.40. The van der Waals surface area contributed by atoms with Crippen molar-refractivity contribution in [3.8, 4) is 0 Å². The van der Waals surface area contributed by atoms with Crippen LogP contribution in [0.3, 0.4) is 0 Å². The van der Waals surface area contributed by atoms with Gasteiger partial charge in [0.2, 0.25) is 10.0 Å². The molecule has 0 amide bonds. The number of rotatable bonds is 6. The van der Waals surface area contributed by atoms with Crippen LogP contribution in [-0.2, 0) is 10.0 Å². The molecule has 5 heteroatoms. The molecule has 4 nitrogen and oxygen atoms in total. The number of fused-ring (bicyclic) bond motifs is 1. The molecule has 0 atom stereocenters. The molecule has 3 N–H and O–H groups in total. The van der Waals surface area contributed by atoms with Crippen LogP contribution in [0.4, 0.5) is 0 Å². The molecule has 1 saturated carbocycles. The normalized spacial score (nSPS) is 17.0. The zero-order valence-electron chi connectivity index (χ0n) is 11.9. The minimum absolute atomic E-state index is 0.0897. The number of sulfonamides is 1. The van der Waals surface area contributed by atoms with E-state index in [9.17, 15) is 8.42 Å². The third-order valence-electron chi connectivity index (χ3n) is 4.31. The molecule has 0 heterocycles. The van der Waals surface area contributed by atoms with Crippen LogP contribution < -0.4 is 10.5 Å². The molecule has 112 valence electrons. The highest BCUT2D eigenvalue weighted by Crippen LogP contribution is 2.48. The van der Waals surface area contributed by atoms with E-state index in [1.807, 2.05) is 30.3 Å². The maximum absolute atomic E-state index is 12.6. The standard InChI is InChI=1S/C16H20N2O2S/c17-11-10-16(8-9-16)12-18-21(19,20)15-7-3-5-13-4-1-2-6-14(13)15/h1-7,18H,8-12,17H2. The molecule has 0 bridgehead atoms. The van der Waals surface area contributed by atoms with Crippen molar-refractivity contribution in [2.45, 2.75) is 24.2 Å². The van der Waals surface area contributed by atoms with E-state index >= 15 is 0 Å². The summed E-state index contributed by atoms with van der Waals surface area (Å²) >= 11 is 0. The minimum Gasteiger partial charge on any atom is -0.330 e. The lowest BCUT2D eigenvalue weighted by Crippen LogP contribution is -2.31. The van der Waals surface area contributed by atoms with Crippen molar-refractivity contribution in [1.82, 2.24) is 4.72 Å². The van der Waals surface area contributed by atoms with E-state index in [0.717, 1.165) is 30.0 Å². The maximum atomic E-state index is 12.6. The molecule has 0 aliphatic heterocycles. The molecule has 21 heavy (non-hydrogen) atoms. The molecule has 1 aliphatic carbocycles. The van der Waals surface area contributed by atoms with Crippen molar-refractivity contribution in [2.75, 3.05) is 13.1 Å². The third-order valence-corrected chi connectivity index (χ3v) is 5.77. The van der Waals surface area contributed by atoms with Crippen LogP contribution in [0.2, 0.25) is 0 Å². The summed E-state index contributed by atoms with van der Waals surface area (Å²) in [5.41, 5.74) is 5.69. The zero-order chi connectivity index (χ0) is 14.9. The highest BCUT2D eigenvalue weighted by atomic mass is 32.2. The van der Waals surface area contributed by atoms with E-state index in [1.54, 1.807) is 12.1 Å². The predicted octanol–water partition coefficient (Wildman–Crippen LogP) is 2.25. The van der Waals surface area contributed by atoms with Crippen LogP contribution in [-0.4, -0.2) is 21.5 Å². The fourth-order valence-corrected chi connectivity index (χ4v) is 4.14. The SMILES string of the molecule is NCCC1(CNS(=O)(=O)c2cccc3ccccc23)CC1. The summed E-state index contributed by atoms with van der Waals surface area (Å²) < 4.78 is 27.9. The van der Waals surface area contributed by atoms with Gasteiger partial charge in [-0.05, 0) is 42.7 Å². The van der Waals surface area contributed by atoms with Gasteiger partial charge in [0.05, 0.1) is 4.90 Å². The first-order valence-electron chi connectivity index (χ1n) is 7.24. The number of hydrogen-bond donors (Lipinski definition) is 2. The molecular weight excluding hydrogens is 284 g/mol. The number of nitrogens with one attached hydrogen (secondary N) is 1. The Bertz CT molecular complexity index is 746. The van der Waals surface area contributed by atoms with E-state index in [2.05, 4.69) is 4.72 Å². The molecule has 2 aromatic rings. The average Bonchev–Trinajstić information content (AvgIpc) is 3.25. The van der Waals surface area contributed by atoms with Crippen LogP contribution in [0.25, 0.3) is 10.8 Å². The van der Waals surface area contributed by atoms with Crippen molar-refractivity contribution >= 4 is 20.8 Å². The van der Waals surface area contributed by atoms with Gasteiger partial charge in [-0.15, -0.1) is 0 Å². The van der Waals surface area contributed by atoms with Crippen LogP contribution in [0.5, 0.6) is 0 Å². The van der Waals surface area contributed by atoms with Crippen molar-refractivity contribution < 1.29 is 8.42 Å². The number of hydrogen-bond acceptors (Lipinski definition) is 3. The average molecular weight is 304 g/mol. The van der Waals surface area contributed by atoms with Gasteiger partial charge in [-0.25, -0.2) is 13.1 Å². The monoisotopic (exact) mass is 304 g/mol. The smallest absolute Gasteiger partial charge is 0.241 e. The van der Waals surface area contributed by atoms with Gasteiger partial charge in [0.25, 0.3) is 0 Å². The fraction of sp³-hybridized carbons (Fsp3) is 0.375. The van der Waals surface area contributed by atoms with Crippen LogP contribution >= 0.6 is 0 Å². The fourth-order valence-electron chi connectivity index (χ4n) is 2.75. The van der Waals surface area contributed by atoms with E-state index in [0.29, 0.717) is 18.0 Å². The van der Waals surface area contributed by atoms with E-state index < -0.39 is 10.0 Å². The maximum Gasteiger partial charge on any atom is 0.241 e. The molecule has 2 aromatic carbocycles. The summed E-state index contributed by atoms with van der Waals surface area (Å²) in [6.45, 7) is 1.09. The van der Waals surface area contributed by atoms with Crippen molar-refractivity contribution in [3.05, 3.63) is 42.5 Å². The van der Waals surface area contributed by atoms with Crippen molar-refractivity contribution in [1.29, 1.82) is 0 Å². The molecular formula is C16H20N2O2S. The highest BCUT2D eigenvalue weighted by molar-refractivity contribution is 7.89. The van der Waals surface area contributed by atoms with E-state index in [1.165, 1.54) is 0 Å². The Balaban J connectivity index is 1.87. The van der Waals surface area contributed by atoms with Gasteiger partial charge in [0.15, 0.2) is 0 Å². The number of benzene rings is 2. The lowest BCUT2D eigenvalue weighted by Gasteiger charge is -2.16. The Morgan fingerprint density at radius 2 is 1.81 bits per heavy atom. The minimum atomic E-state index is -3.49. The molecule has 0 unspecified atom stereocenters. The Morgan fingerprint density at radius 3 is 2.52 bits per heavy atom. The van der Waals surface area contributed by atoms with Crippen LogP contribution in [0.15, 0.2) is 47.4 Å². The summed E-state index contributed by atoms with van der Waals surface area (Å²) in [5.74, 6) is 0. The van der Waals surface area contributed by atoms with Crippen LogP contribution in [0.1, 0.15) is 19.3 Å². The van der Waals surface area contributed by atoms with Gasteiger partial charge in [-0.2, -0.15) is 0 Å². The third kappa shape index (κ3) is 2.95. The van der Waals surface area contributed by atoms with Gasteiger partial charge >= 0.3 is 0 Å².